The fourth-order valence-corrected chi connectivity index (χ4v) is 5.99. The van der Waals surface area contributed by atoms with Gasteiger partial charge in [-0.25, -0.2) is 19.1 Å². The molecule has 4 rings (SSSR count). The third-order valence-corrected chi connectivity index (χ3v) is 8.54. The summed E-state index contributed by atoms with van der Waals surface area (Å²) in [5.41, 5.74) is 3.31. The van der Waals surface area contributed by atoms with Crippen LogP contribution in [0.2, 0.25) is 0 Å². The number of nitrogens with one attached hydrogen (secondary N) is 1. The number of carbonyl (C=O) groups excluding carboxylic acids is 1. The molecule has 0 bridgehead atoms. The molecule has 2 aromatic rings. The molecule has 162 valence electrons. The highest BCUT2D eigenvalue weighted by Crippen LogP contribution is 2.41. The normalized spacial score (nSPS) is 19.8. The van der Waals surface area contributed by atoms with Gasteiger partial charge >= 0.3 is 6.03 Å². The van der Waals surface area contributed by atoms with Crippen molar-refractivity contribution < 1.29 is 18.8 Å². The SMILES string of the molecule is COC1CCc2c1nc1c(c2NC(=O)N=S(N)(=O)c2cnc(C(C)(C)O)s2)CCC1. The lowest BCUT2D eigenvalue weighted by Gasteiger charge is -2.16. The monoisotopic (exact) mass is 451 g/mol. The van der Waals surface area contributed by atoms with Gasteiger partial charge in [0.15, 0.2) is 9.92 Å². The van der Waals surface area contributed by atoms with Gasteiger partial charge in [-0.2, -0.15) is 0 Å². The molecule has 2 atom stereocenters. The van der Waals surface area contributed by atoms with E-state index in [1.165, 1.54) is 6.20 Å². The van der Waals surface area contributed by atoms with E-state index < -0.39 is 21.5 Å². The van der Waals surface area contributed by atoms with Crippen molar-refractivity contribution in [2.24, 2.45) is 9.50 Å². The minimum atomic E-state index is -3.50. The van der Waals surface area contributed by atoms with Gasteiger partial charge in [0.2, 0.25) is 0 Å². The van der Waals surface area contributed by atoms with Gasteiger partial charge in [0.05, 0.1) is 23.7 Å². The molecular weight excluding hydrogens is 426 g/mol. The minimum Gasteiger partial charge on any atom is -0.383 e. The highest BCUT2D eigenvalue weighted by Gasteiger charge is 2.32. The molecule has 9 nitrogen and oxygen atoms in total. The van der Waals surface area contributed by atoms with E-state index in [0.29, 0.717) is 10.7 Å². The van der Waals surface area contributed by atoms with E-state index in [1.807, 2.05) is 0 Å². The van der Waals surface area contributed by atoms with Crippen LogP contribution >= 0.6 is 11.3 Å². The van der Waals surface area contributed by atoms with Crippen molar-refractivity contribution in [3.63, 3.8) is 0 Å². The summed E-state index contributed by atoms with van der Waals surface area (Å²) < 4.78 is 22.3. The Morgan fingerprint density at radius 3 is 2.83 bits per heavy atom. The molecule has 0 aliphatic heterocycles. The van der Waals surface area contributed by atoms with Crippen LogP contribution in [-0.4, -0.2) is 32.4 Å². The van der Waals surface area contributed by atoms with E-state index in [-0.39, 0.29) is 10.3 Å². The number of fused-ring (bicyclic) bond motifs is 2. The topological polar surface area (TPSA) is 140 Å². The largest absolute Gasteiger partial charge is 0.383 e. The van der Waals surface area contributed by atoms with Crippen LogP contribution in [0.4, 0.5) is 10.5 Å². The molecule has 0 saturated carbocycles. The smallest absolute Gasteiger partial charge is 0.354 e. The summed E-state index contributed by atoms with van der Waals surface area (Å²) in [6, 6.07) is -0.774. The third-order valence-electron chi connectivity index (χ3n) is 5.35. The predicted octanol–water partition coefficient (Wildman–Crippen LogP) is 2.82. The summed E-state index contributed by atoms with van der Waals surface area (Å²) in [6.45, 7) is 3.13. The zero-order valence-electron chi connectivity index (χ0n) is 17.1. The summed E-state index contributed by atoms with van der Waals surface area (Å²) in [4.78, 5) is 21.5. The maximum absolute atomic E-state index is 12.9. The van der Waals surface area contributed by atoms with E-state index in [2.05, 4.69) is 14.7 Å². The number of carbonyl (C=O) groups is 1. The van der Waals surface area contributed by atoms with E-state index in [9.17, 15) is 14.1 Å². The van der Waals surface area contributed by atoms with E-state index in [4.69, 9.17) is 14.9 Å². The Morgan fingerprint density at radius 1 is 1.40 bits per heavy atom. The standard InChI is InChI=1S/C19H25N5O4S2/c1-19(2,26)17-21-9-14(29-17)30(20,27)24-18(25)23-15-10-5-4-6-12(10)22-16-11(15)7-8-13(16)28-3/h9,13,26H,4-8H2,1-3H3,(H3,20,22,23,24,25,27). The first-order valence-electron chi connectivity index (χ1n) is 9.72. The first-order chi connectivity index (χ1) is 14.1. The molecule has 2 unspecified atom stereocenters. The second kappa shape index (κ2) is 7.65. The number of methoxy groups -OCH3 is 1. The average molecular weight is 452 g/mol. The Morgan fingerprint density at radius 2 is 2.17 bits per heavy atom. The number of aromatic nitrogens is 2. The lowest BCUT2D eigenvalue weighted by Crippen LogP contribution is -2.18. The molecule has 0 aromatic carbocycles. The lowest BCUT2D eigenvalue weighted by atomic mass is 10.1. The number of anilines is 1. The Kier molecular flexibility index (Phi) is 5.43. The first-order valence-corrected chi connectivity index (χ1v) is 12.1. The van der Waals surface area contributed by atoms with Crippen LogP contribution in [-0.2, 0) is 39.5 Å². The van der Waals surface area contributed by atoms with Gasteiger partial charge in [0.1, 0.15) is 14.8 Å². The number of nitrogens with two attached hydrogens (primary N) is 1. The molecule has 2 aliphatic rings. The molecule has 2 heterocycles. The van der Waals surface area contributed by atoms with Gasteiger partial charge in [-0.05, 0) is 51.5 Å². The molecule has 4 N–H and O–H groups in total. The fraction of sp³-hybridized carbons (Fsp3) is 0.526. The number of hydrogen-bond donors (Lipinski definition) is 3. The van der Waals surface area contributed by atoms with Gasteiger partial charge in [0.25, 0.3) is 0 Å². The summed E-state index contributed by atoms with van der Waals surface area (Å²) >= 11 is 0.977. The van der Waals surface area contributed by atoms with Crippen molar-refractivity contribution in [3.05, 3.63) is 33.7 Å². The molecule has 0 spiro atoms. The summed E-state index contributed by atoms with van der Waals surface area (Å²) in [7, 11) is -1.84. The zero-order valence-corrected chi connectivity index (χ0v) is 18.7. The van der Waals surface area contributed by atoms with Gasteiger partial charge in [-0.1, -0.05) is 0 Å². The highest BCUT2D eigenvalue weighted by atomic mass is 32.2. The molecule has 0 radical (unpaired) electrons. The fourth-order valence-electron chi connectivity index (χ4n) is 3.93. The molecule has 0 saturated heterocycles. The maximum Gasteiger partial charge on any atom is 0.354 e. The maximum atomic E-state index is 12.9. The molecule has 11 heteroatoms. The summed E-state index contributed by atoms with van der Waals surface area (Å²) in [5, 5.41) is 19.1. The molecule has 2 aromatic heterocycles. The second-order valence-corrected chi connectivity index (χ2v) is 11.1. The Balaban J connectivity index is 1.66. The number of aliphatic hydroxyl groups is 1. The molecular formula is C19H25N5O4S2. The number of rotatable bonds is 4. The van der Waals surface area contributed by atoms with Crippen LogP contribution in [0.5, 0.6) is 0 Å². The average Bonchev–Trinajstić information content (AvgIpc) is 3.39. The Bertz CT molecular complexity index is 1130. The van der Waals surface area contributed by atoms with Crippen LogP contribution in [0.25, 0.3) is 0 Å². The van der Waals surface area contributed by atoms with Crippen LogP contribution < -0.4 is 10.5 Å². The summed E-state index contributed by atoms with van der Waals surface area (Å²) in [5.74, 6) is 0. The van der Waals surface area contributed by atoms with Crippen LogP contribution in [0.15, 0.2) is 14.8 Å². The molecule has 2 amide bonds. The minimum absolute atomic E-state index is 0.0883. The lowest BCUT2D eigenvalue weighted by molar-refractivity contribution is 0.0783. The van der Waals surface area contributed by atoms with E-state index >= 15 is 0 Å². The van der Waals surface area contributed by atoms with Gasteiger partial charge in [0, 0.05) is 18.4 Å². The van der Waals surface area contributed by atoms with Crippen molar-refractivity contribution in [2.75, 3.05) is 12.4 Å². The van der Waals surface area contributed by atoms with Crippen LogP contribution in [0, 0.1) is 0 Å². The number of aryl methyl sites for hydroxylation is 1. The van der Waals surface area contributed by atoms with Crippen molar-refractivity contribution >= 4 is 33.0 Å². The predicted molar refractivity (Wildman–Crippen MR) is 114 cm³/mol. The van der Waals surface area contributed by atoms with Crippen molar-refractivity contribution in [2.45, 2.75) is 61.9 Å². The number of hydrogen-bond acceptors (Lipinski definition) is 7. The van der Waals surface area contributed by atoms with Crippen molar-refractivity contribution in [1.82, 2.24) is 9.97 Å². The second-order valence-electron chi connectivity index (χ2n) is 8.03. The highest BCUT2D eigenvalue weighted by molar-refractivity contribution is 7.93. The van der Waals surface area contributed by atoms with Crippen molar-refractivity contribution in [1.29, 1.82) is 0 Å². The molecule has 30 heavy (non-hydrogen) atoms. The van der Waals surface area contributed by atoms with Gasteiger partial charge < -0.3 is 15.2 Å². The number of amides is 2. The number of nitrogens with zero attached hydrogens (tertiary/aromatic N) is 3. The number of urea groups is 1. The van der Waals surface area contributed by atoms with Crippen LogP contribution in [0.1, 0.15) is 60.3 Å². The van der Waals surface area contributed by atoms with E-state index in [1.54, 1.807) is 21.0 Å². The molecule has 0 fully saturated rings. The van der Waals surface area contributed by atoms with E-state index in [0.717, 1.165) is 66.0 Å². The quantitative estimate of drug-likeness (QED) is 0.653. The Labute approximate surface area is 179 Å². The number of thiazole rings is 1. The van der Waals surface area contributed by atoms with Gasteiger partial charge in [-0.15, -0.1) is 15.7 Å². The molecule has 2 aliphatic carbocycles. The van der Waals surface area contributed by atoms with Gasteiger partial charge in [-0.3, -0.25) is 4.98 Å². The third kappa shape index (κ3) is 3.87. The summed E-state index contributed by atoms with van der Waals surface area (Å²) in [6.07, 6.45) is 5.40. The first kappa shape index (κ1) is 21.3. The number of ether oxygens (including phenoxy) is 1. The number of pyridine rings is 1. The van der Waals surface area contributed by atoms with Crippen molar-refractivity contribution in [3.8, 4) is 0 Å². The zero-order chi connectivity index (χ0) is 21.7. The Hall–Kier alpha value is -1.92. The van der Waals surface area contributed by atoms with Crippen LogP contribution in [0.3, 0.4) is 0 Å².